The number of rotatable bonds is 0. The van der Waals surface area contributed by atoms with E-state index in [1.165, 1.54) is 0 Å². The van der Waals surface area contributed by atoms with Crippen molar-refractivity contribution in [3.63, 3.8) is 0 Å². The van der Waals surface area contributed by atoms with Gasteiger partial charge < -0.3 is 5.21 Å². The van der Waals surface area contributed by atoms with E-state index in [0.717, 1.165) is 0 Å². The summed E-state index contributed by atoms with van der Waals surface area (Å²) >= 11 is 11.2. The van der Waals surface area contributed by atoms with Crippen molar-refractivity contribution in [3.8, 4) is 0 Å². The molecule has 0 amide bonds. The van der Waals surface area contributed by atoms with E-state index in [0.29, 0.717) is 20.9 Å². The van der Waals surface area contributed by atoms with Gasteiger partial charge >= 0.3 is 0 Å². The van der Waals surface area contributed by atoms with Crippen molar-refractivity contribution in [1.82, 2.24) is 10.1 Å². The zero-order chi connectivity index (χ0) is 9.42. The van der Waals surface area contributed by atoms with Gasteiger partial charge in [0.05, 0.1) is 0 Å². The van der Waals surface area contributed by atoms with Gasteiger partial charge in [0, 0.05) is 16.2 Å². The summed E-state index contributed by atoms with van der Waals surface area (Å²) in [6, 6.07) is 4.69. The van der Waals surface area contributed by atoms with Crippen LogP contribution in [0, 0.1) is 5.21 Å². The zero-order valence-electron chi connectivity index (χ0n) is 6.24. The van der Waals surface area contributed by atoms with E-state index >= 15 is 0 Å². The monoisotopic (exact) mass is 215 g/mol. The van der Waals surface area contributed by atoms with Crippen molar-refractivity contribution < 1.29 is 4.85 Å². The van der Waals surface area contributed by atoms with E-state index < -0.39 is 0 Å². The van der Waals surface area contributed by atoms with Gasteiger partial charge in [-0.05, 0) is 28.6 Å². The lowest BCUT2D eigenvalue weighted by atomic mass is 10.3. The van der Waals surface area contributed by atoms with Crippen LogP contribution in [-0.2, 0) is 0 Å². The third kappa shape index (κ3) is 1.50. The first-order valence-corrected chi connectivity index (χ1v) is 4.15. The maximum atomic E-state index is 11.1. The highest BCUT2D eigenvalue weighted by atomic mass is 35.5. The fraction of sp³-hybridized carbons (Fsp3) is 0. The molecule has 4 nitrogen and oxygen atoms in total. The van der Waals surface area contributed by atoms with Gasteiger partial charge in [-0.25, -0.2) is 4.98 Å². The van der Waals surface area contributed by atoms with Crippen molar-refractivity contribution in [3.05, 3.63) is 33.7 Å². The summed E-state index contributed by atoms with van der Waals surface area (Å²) < 4.78 is 0. The van der Waals surface area contributed by atoms with Crippen molar-refractivity contribution in [2.45, 2.75) is 0 Å². The van der Waals surface area contributed by atoms with E-state index in [-0.39, 0.29) is 5.28 Å². The smallest absolute Gasteiger partial charge is 0.290 e. The molecule has 66 valence electrons. The Labute approximate surface area is 83.3 Å². The van der Waals surface area contributed by atoms with Crippen LogP contribution in [0.2, 0.25) is 10.3 Å². The van der Waals surface area contributed by atoms with E-state index in [9.17, 15) is 5.21 Å². The van der Waals surface area contributed by atoms with E-state index in [1.807, 2.05) is 0 Å². The molecule has 2 rings (SSSR count). The predicted molar refractivity (Wildman–Crippen MR) is 48.5 cm³/mol. The van der Waals surface area contributed by atoms with E-state index in [2.05, 4.69) is 10.1 Å². The van der Waals surface area contributed by atoms with Gasteiger partial charge in [-0.1, -0.05) is 11.6 Å². The molecule has 0 unspecified atom stereocenters. The second-order valence-electron chi connectivity index (χ2n) is 2.39. The Bertz CT molecular complexity index is 469. The summed E-state index contributed by atoms with van der Waals surface area (Å²) in [6.45, 7) is 0. The molecule has 1 aromatic carbocycles. The highest BCUT2D eigenvalue weighted by Crippen LogP contribution is 2.15. The van der Waals surface area contributed by atoms with Gasteiger partial charge in [0.2, 0.25) is 0 Å². The second-order valence-corrected chi connectivity index (χ2v) is 3.16. The SMILES string of the molecule is [O-][n+]1nc(Cl)nc2cc(Cl)ccc21. The molecule has 13 heavy (non-hydrogen) atoms. The average Bonchev–Trinajstić information content (AvgIpc) is 2.02. The van der Waals surface area contributed by atoms with Crippen LogP contribution in [-0.4, -0.2) is 10.1 Å². The fourth-order valence-electron chi connectivity index (χ4n) is 0.998. The number of hydrogen-bond acceptors (Lipinski definition) is 3. The van der Waals surface area contributed by atoms with Crippen LogP contribution in [0.1, 0.15) is 0 Å². The Morgan fingerprint density at radius 1 is 1.31 bits per heavy atom. The normalized spacial score (nSPS) is 10.6. The minimum atomic E-state index is -0.0928. The Hall–Kier alpha value is -1.13. The van der Waals surface area contributed by atoms with Crippen LogP contribution >= 0.6 is 23.2 Å². The van der Waals surface area contributed by atoms with Crippen LogP contribution in [0.15, 0.2) is 18.2 Å². The van der Waals surface area contributed by atoms with Crippen LogP contribution in [0.5, 0.6) is 0 Å². The van der Waals surface area contributed by atoms with Crippen LogP contribution in [0.3, 0.4) is 0 Å². The fourth-order valence-corrected chi connectivity index (χ4v) is 1.32. The highest BCUT2D eigenvalue weighted by molar-refractivity contribution is 6.31. The highest BCUT2D eigenvalue weighted by Gasteiger charge is 2.08. The van der Waals surface area contributed by atoms with Gasteiger partial charge in [-0.2, -0.15) is 0 Å². The van der Waals surface area contributed by atoms with E-state index in [1.54, 1.807) is 18.2 Å². The minimum absolute atomic E-state index is 0.0928. The zero-order valence-corrected chi connectivity index (χ0v) is 7.75. The molecule has 6 heteroatoms. The quantitative estimate of drug-likeness (QED) is 0.496. The molecule has 0 saturated carbocycles. The van der Waals surface area contributed by atoms with Gasteiger partial charge in [-0.3, -0.25) is 0 Å². The Morgan fingerprint density at radius 3 is 2.85 bits per heavy atom. The van der Waals surface area contributed by atoms with Crippen molar-refractivity contribution >= 4 is 34.2 Å². The molecular weight excluding hydrogens is 213 g/mol. The van der Waals surface area contributed by atoms with Gasteiger partial charge in [0.1, 0.15) is 5.52 Å². The molecule has 0 bridgehead atoms. The molecule has 0 aliphatic heterocycles. The third-order valence-electron chi connectivity index (χ3n) is 1.53. The van der Waals surface area contributed by atoms with Crippen LogP contribution in [0.4, 0.5) is 0 Å². The molecule has 0 N–H and O–H groups in total. The molecule has 0 radical (unpaired) electrons. The molecule has 2 aromatic rings. The standard InChI is InChI=1S/C7H3Cl2N3O/c8-4-1-2-6-5(3-4)10-7(9)11-12(6)13/h1-3H. The maximum absolute atomic E-state index is 11.1. The number of hydrogen-bond donors (Lipinski definition) is 0. The number of fused-ring (bicyclic) bond motifs is 1. The lowest BCUT2D eigenvalue weighted by Crippen LogP contribution is -2.32. The largest absolute Gasteiger partial charge is 0.594 e. The molecule has 1 heterocycles. The summed E-state index contributed by atoms with van der Waals surface area (Å²) in [5.41, 5.74) is 0.774. The van der Waals surface area contributed by atoms with Crippen LogP contribution < -0.4 is 4.85 Å². The van der Waals surface area contributed by atoms with Crippen molar-refractivity contribution in [1.29, 1.82) is 0 Å². The Kier molecular flexibility index (Phi) is 1.94. The molecule has 0 aliphatic rings. The number of aromatic nitrogens is 3. The summed E-state index contributed by atoms with van der Waals surface area (Å²) in [5, 5.41) is 15.0. The molecule has 0 atom stereocenters. The predicted octanol–water partition coefficient (Wildman–Crippen LogP) is 1.57. The maximum Gasteiger partial charge on any atom is 0.290 e. The first-order valence-electron chi connectivity index (χ1n) is 3.39. The van der Waals surface area contributed by atoms with Gasteiger partial charge in [-0.15, -0.1) is 0 Å². The molecule has 1 aromatic heterocycles. The lowest BCUT2D eigenvalue weighted by Gasteiger charge is -1.98. The molecule has 0 spiro atoms. The topological polar surface area (TPSA) is 52.7 Å². The molecule has 0 aliphatic carbocycles. The summed E-state index contributed by atoms with van der Waals surface area (Å²) in [4.78, 5) is 4.26. The first-order chi connectivity index (χ1) is 6.16. The van der Waals surface area contributed by atoms with E-state index in [4.69, 9.17) is 23.2 Å². The Morgan fingerprint density at radius 2 is 2.08 bits per heavy atom. The third-order valence-corrected chi connectivity index (χ3v) is 1.92. The lowest BCUT2D eigenvalue weighted by molar-refractivity contribution is -0.642. The van der Waals surface area contributed by atoms with Crippen molar-refractivity contribution in [2.24, 2.45) is 0 Å². The number of nitrogens with zero attached hydrogens (tertiary/aromatic N) is 3. The molecule has 0 fully saturated rings. The number of halogens is 2. The van der Waals surface area contributed by atoms with Gasteiger partial charge in [0.15, 0.2) is 0 Å². The summed E-state index contributed by atoms with van der Waals surface area (Å²) in [6.07, 6.45) is 0. The van der Waals surface area contributed by atoms with Gasteiger partial charge in [0.25, 0.3) is 10.8 Å². The van der Waals surface area contributed by atoms with Crippen molar-refractivity contribution in [2.75, 3.05) is 0 Å². The minimum Gasteiger partial charge on any atom is -0.594 e. The van der Waals surface area contributed by atoms with Crippen LogP contribution in [0.25, 0.3) is 11.0 Å². The molecule has 0 saturated heterocycles. The number of benzene rings is 1. The Balaban J connectivity index is 2.86. The first kappa shape index (κ1) is 8.47. The average molecular weight is 216 g/mol. The summed E-state index contributed by atoms with van der Waals surface area (Å²) in [5.74, 6) is 0. The second kappa shape index (κ2) is 2.97. The molecular formula is C7H3Cl2N3O. The summed E-state index contributed by atoms with van der Waals surface area (Å²) in [7, 11) is 0.